The molecule has 0 saturated carbocycles. The second kappa shape index (κ2) is 4.32. The third-order valence-corrected chi connectivity index (χ3v) is 3.73. The molecule has 0 bridgehead atoms. The highest BCUT2D eigenvalue weighted by Gasteiger charge is 2.31. The quantitative estimate of drug-likeness (QED) is 0.727. The molecule has 1 aromatic carbocycles. The third kappa shape index (κ3) is 2.14. The lowest BCUT2D eigenvalue weighted by atomic mass is 10.3. The van der Waals surface area contributed by atoms with Crippen LogP contribution in [-0.2, 0) is 4.79 Å². The van der Waals surface area contributed by atoms with E-state index >= 15 is 0 Å². The largest absolute Gasteiger partial charge is 0.310 e. The molecule has 1 aliphatic rings. The van der Waals surface area contributed by atoms with E-state index < -0.39 is 0 Å². The summed E-state index contributed by atoms with van der Waals surface area (Å²) in [4.78, 5) is 13.3. The molecule has 0 spiro atoms. The van der Waals surface area contributed by atoms with E-state index in [9.17, 15) is 4.79 Å². The van der Waals surface area contributed by atoms with Gasteiger partial charge in [-0.05, 0) is 24.6 Å². The van der Waals surface area contributed by atoms with Crippen molar-refractivity contribution < 1.29 is 4.79 Å². The molecule has 0 unspecified atom stereocenters. The van der Waals surface area contributed by atoms with Crippen LogP contribution in [0.5, 0.6) is 0 Å². The van der Waals surface area contributed by atoms with Gasteiger partial charge in [0.1, 0.15) is 0 Å². The van der Waals surface area contributed by atoms with Crippen molar-refractivity contribution >= 4 is 50.7 Å². The van der Waals surface area contributed by atoms with E-state index in [4.69, 9.17) is 23.2 Å². The van der Waals surface area contributed by atoms with Gasteiger partial charge in [-0.2, -0.15) is 0 Å². The van der Waals surface area contributed by atoms with Gasteiger partial charge in [0.25, 0.3) is 0 Å². The zero-order valence-electron chi connectivity index (χ0n) is 7.71. The molecular weight excluding hydrogens is 301 g/mol. The first-order chi connectivity index (χ1) is 7.09. The number of carbonyl (C=O) groups excluding carboxylic acids is 1. The molecule has 5 heteroatoms. The minimum Gasteiger partial charge on any atom is -0.310 e. The van der Waals surface area contributed by atoms with Gasteiger partial charge in [0.2, 0.25) is 5.91 Å². The first-order valence-electron chi connectivity index (χ1n) is 4.50. The molecule has 1 saturated heterocycles. The summed E-state index contributed by atoms with van der Waals surface area (Å²) >= 11 is 15.1. The van der Waals surface area contributed by atoms with Crippen LogP contribution >= 0.6 is 39.1 Å². The summed E-state index contributed by atoms with van der Waals surface area (Å²) in [6.45, 7) is 0.691. The van der Waals surface area contributed by atoms with E-state index in [1.807, 2.05) is 0 Å². The fraction of sp³-hybridized carbons (Fsp3) is 0.300. The zero-order valence-corrected chi connectivity index (χ0v) is 10.8. The van der Waals surface area contributed by atoms with Gasteiger partial charge in [0, 0.05) is 11.6 Å². The van der Waals surface area contributed by atoms with Crippen molar-refractivity contribution in [1.82, 2.24) is 0 Å². The maximum absolute atomic E-state index is 11.7. The summed E-state index contributed by atoms with van der Waals surface area (Å²) in [7, 11) is 0. The lowest BCUT2D eigenvalue weighted by molar-refractivity contribution is -0.116. The van der Waals surface area contributed by atoms with Crippen molar-refractivity contribution in [2.45, 2.75) is 11.2 Å². The second-order valence-corrected chi connectivity index (χ2v) is 5.29. The summed E-state index contributed by atoms with van der Waals surface area (Å²) in [5.41, 5.74) is 0.730. The number of nitrogens with zero attached hydrogens (tertiary/aromatic N) is 1. The Morgan fingerprint density at radius 2 is 2.13 bits per heavy atom. The summed E-state index contributed by atoms with van der Waals surface area (Å²) in [6.07, 6.45) is 0.803. The summed E-state index contributed by atoms with van der Waals surface area (Å²) in [5, 5.41) is 1.09. The van der Waals surface area contributed by atoms with Gasteiger partial charge in [0.05, 0.1) is 15.5 Å². The minimum absolute atomic E-state index is 0.0548. The molecule has 1 atom stereocenters. The average Bonchev–Trinajstić information content (AvgIpc) is 2.49. The Balaban J connectivity index is 2.34. The van der Waals surface area contributed by atoms with Crippen LogP contribution in [-0.4, -0.2) is 17.3 Å². The Morgan fingerprint density at radius 3 is 2.67 bits per heavy atom. The van der Waals surface area contributed by atoms with Crippen LogP contribution in [0, 0.1) is 0 Å². The molecule has 2 nitrogen and oxygen atoms in total. The van der Waals surface area contributed by atoms with Gasteiger partial charge < -0.3 is 4.90 Å². The first-order valence-corrected chi connectivity index (χ1v) is 6.17. The molecule has 80 valence electrons. The van der Waals surface area contributed by atoms with Gasteiger partial charge in [-0.1, -0.05) is 39.1 Å². The fourth-order valence-electron chi connectivity index (χ4n) is 1.58. The molecule has 1 amide bonds. The monoisotopic (exact) mass is 307 g/mol. The Kier molecular flexibility index (Phi) is 3.24. The van der Waals surface area contributed by atoms with Crippen molar-refractivity contribution in [3.63, 3.8) is 0 Å². The number of anilines is 1. The maximum Gasteiger partial charge on any atom is 0.240 e. The highest BCUT2D eigenvalue weighted by atomic mass is 79.9. The van der Waals surface area contributed by atoms with Crippen LogP contribution in [0.3, 0.4) is 0 Å². The highest BCUT2D eigenvalue weighted by Crippen LogP contribution is 2.32. The Hall–Kier alpha value is -0.250. The molecule has 1 heterocycles. The van der Waals surface area contributed by atoms with Crippen LogP contribution in [0.15, 0.2) is 18.2 Å². The molecule has 1 aromatic rings. The molecule has 1 aliphatic heterocycles. The molecule has 2 rings (SSSR count). The topological polar surface area (TPSA) is 20.3 Å². The molecule has 0 aliphatic carbocycles. The fourth-order valence-corrected chi connectivity index (χ4v) is 2.55. The van der Waals surface area contributed by atoms with Gasteiger partial charge in [0.15, 0.2) is 0 Å². The van der Waals surface area contributed by atoms with Crippen LogP contribution in [0.1, 0.15) is 6.42 Å². The van der Waals surface area contributed by atoms with Crippen molar-refractivity contribution in [1.29, 1.82) is 0 Å². The van der Waals surface area contributed by atoms with Crippen molar-refractivity contribution in [3.05, 3.63) is 28.2 Å². The number of alkyl halides is 1. The smallest absolute Gasteiger partial charge is 0.240 e. The standard InChI is InChI=1S/C10H8BrCl2NO/c11-7-3-4-14(10(7)15)9-2-1-6(12)5-8(9)13/h1-2,5,7H,3-4H2/t7-/m0/s1. The molecule has 0 aromatic heterocycles. The van der Waals surface area contributed by atoms with E-state index in [0.717, 1.165) is 12.1 Å². The molecule has 15 heavy (non-hydrogen) atoms. The summed E-state index contributed by atoms with van der Waals surface area (Å²) < 4.78 is 0. The number of hydrogen-bond donors (Lipinski definition) is 0. The van der Waals surface area contributed by atoms with Crippen LogP contribution in [0.4, 0.5) is 5.69 Å². The van der Waals surface area contributed by atoms with E-state index in [-0.39, 0.29) is 10.7 Å². The summed E-state index contributed by atoms with van der Waals surface area (Å²) in [5.74, 6) is 0.0548. The van der Waals surface area contributed by atoms with E-state index in [0.29, 0.717) is 16.6 Å². The summed E-state index contributed by atoms with van der Waals surface area (Å²) in [6, 6.07) is 5.15. The first kappa shape index (κ1) is 11.2. The van der Waals surface area contributed by atoms with Gasteiger partial charge in [-0.15, -0.1) is 0 Å². The van der Waals surface area contributed by atoms with Crippen molar-refractivity contribution in [3.8, 4) is 0 Å². The Bertz CT molecular complexity index is 410. The highest BCUT2D eigenvalue weighted by molar-refractivity contribution is 9.10. The van der Waals surface area contributed by atoms with E-state index in [1.54, 1.807) is 23.1 Å². The third-order valence-electron chi connectivity index (χ3n) is 2.34. The SMILES string of the molecule is O=C1[C@@H](Br)CCN1c1ccc(Cl)cc1Cl. The molecule has 1 fully saturated rings. The maximum atomic E-state index is 11.7. The molecule has 0 radical (unpaired) electrons. The van der Waals surface area contributed by atoms with Crippen LogP contribution in [0.25, 0.3) is 0 Å². The lowest BCUT2D eigenvalue weighted by Crippen LogP contribution is -2.27. The number of carbonyl (C=O) groups is 1. The number of benzene rings is 1. The van der Waals surface area contributed by atoms with Gasteiger partial charge in [-0.3, -0.25) is 4.79 Å². The van der Waals surface area contributed by atoms with E-state index in [2.05, 4.69) is 15.9 Å². The predicted molar refractivity (Wildman–Crippen MR) is 66.1 cm³/mol. The molecule has 0 N–H and O–H groups in total. The van der Waals surface area contributed by atoms with Gasteiger partial charge in [-0.25, -0.2) is 0 Å². The number of halogens is 3. The zero-order chi connectivity index (χ0) is 11.0. The predicted octanol–water partition coefficient (Wildman–Crippen LogP) is 3.49. The van der Waals surface area contributed by atoms with Crippen LogP contribution < -0.4 is 4.90 Å². The molecular formula is C10H8BrCl2NO. The normalized spacial score (nSPS) is 21.1. The van der Waals surface area contributed by atoms with Gasteiger partial charge >= 0.3 is 0 Å². The Labute approximate surface area is 106 Å². The number of hydrogen-bond acceptors (Lipinski definition) is 1. The van der Waals surface area contributed by atoms with Crippen molar-refractivity contribution in [2.75, 3.05) is 11.4 Å². The number of rotatable bonds is 1. The minimum atomic E-state index is -0.0933. The van der Waals surface area contributed by atoms with Crippen LogP contribution in [0.2, 0.25) is 10.0 Å². The lowest BCUT2D eigenvalue weighted by Gasteiger charge is -2.17. The van der Waals surface area contributed by atoms with E-state index in [1.165, 1.54) is 0 Å². The second-order valence-electron chi connectivity index (χ2n) is 3.34. The number of amides is 1. The Morgan fingerprint density at radius 1 is 1.40 bits per heavy atom. The van der Waals surface area contributed by atoms with Crippen molar-refractivity contribution in [2.24, 2.45) is 0 Å². The average molecular weight is 309 g/mol.